The zero-order chi connectivity index (χ0) is 12.9. The lowest BCUT2D eigenvalue weighted by molar-refractivity contribution is -0.134. The smallest absolute Gasteiger partial charge is 0.311 e. The Bertz CT molecular complexity index is 518. The maximum atomic E-state index is 11.3. The largest absolute Gasteiger partial charge is 0.425 e. The van der Waals surface area contributed by atoms with Gasteiger partial charge < -0.3 is 4.74 Å². The average Bonchev–Trinajstić information content (AvgIpc) is 2.25. The van der Waals surface area contributed by atoms with Crippen LogP contribution < -0.4 is 4.74 Å². The van der Waals surface area contributed by atoms with E-state index in [1.807, 2.05) is 0 Å². The van der Waals surface area contributed by atoms with Gasteiger partial charge >= 0.3 is 5.97 Å². The van der Waals surface area contributed by atoms with E-state index in [4.69, 9.17) is 9.29 Å². The molecule has 0 spiro atoms. The molecule has 1 aromatic rings. The molecule has 0 heterocycles. The second-order valence-corrected chi connectivity index (χ2v) is 4.61. The Morgan fingerprint density at radius 3 is 2.65 bits per heavy atom. The van der Waals surface area contributed by atoms with E-state index in [9.17, 15) is 13.2 Å². The molecule has 0 aliphatic rings. The zero-order valence-corrected chi connectivity index (χ0v) is 9.81. The number of hydrogen-bond acceptors (Lipinski definition) is 4. The van der Waals surface area contributed by atoms with Crippen molar-refractivity contribution in [2.45, 2.75) is 17.7 Å². The number of carbonyl (C=O) groups is 1. The summed E-state index contributed by atoms with van der Waals surface area (Å²) in [6.07, 6.45) is 2.09. The van der Waals surface area contributed by atoms with Gasteiger partial charge in [0.25, 0.3) is 10.1 Å². The van der Waals surface area contributed by atoms with Gasteiger partial charge in [-0.05, 0) is 18.6 Å². The van der Waals surface area contributed by atoms with Crippen molar-refractivity contribution in [2.24, 2.45) is 0 Å². The third-order valence-electron chi connectivity index (χ3n) is 1.90. The fraction of sp³-hybridized carbons (Fsp3) is 0.182. The highest BCUT2D eigenvalue weighted by Gasteiger charge is 2.17. The molecule has 1 N–H and O–H groups in total. The summed E-state index contributed by atoms with van der Waals surface area (Å²) in [4.78, 5) is 10.9. The van der Waals surface area contributed by atoms with E-state index in [2.05, 4.69) is 6.58 Å². The van der Waals surface area contributed by atoms with Gasteiger partial charge in [0.15, 0.2) is 5.75 Å². The van der Waals surface area contributed by atoms with Crippen LogP contribution in [0.2, 0.25) is 0 Å². The predicted molar refractivity (Wildman–Crippen MR) is 61.3 cm³/mol. The molecule has 92 valence electrons. The minimum Gasteiger partial charge on any atom is -0.425 e. The lowest BCUT2D eigenvalue weighted by Gasteiger charge is -2.06. The second-order valence-electron chi connectivity index (χ2n) is 3.22. The molecule has 6 heteroatoms. The van der Waals surface area contributed by atoms with Gasteiger partial charge in [0.05, 0.1) is 0 Å². The maximum Gasteiger partial charge on any atom is 0.311 e. The molecule has 0 unspecified atom stereocenters. The first-order valence-electron chi connectivity index (χ1n) is 4.83. The van der Waals surface area contributed by atoms with Crippen molar-refractivity contribution in [2.75, 3.05) is 0 Å². The minimum atomic E-state index is -4.40. The van der Waals surface area contributed by atoms with Gasteiger partial charge in [0, 0.05) is 6.42 Å². The van der Waals surface area contributed by atoms with Crippen LogP contribution in [0.4, 0.5) is 0 Å². The van der Waals surface area contributed by atoms with Crippen LogP contribution in [0.5, 0.6) is 5.75 Å². The van der Waals surface area contributed by atoms with Crippen LogP contribution in [0.25, 0.3) is 0 Å². The summed E-state index contributed by atoms with van der Waals surface area (Å²) in [6.45, 7) is 3.45. The number of carbonyl (C=O) groups excluding carboxylic acids is 1. The fourth-order valence-electron chi connectivity index (χ4n) is 1.14. The molecule has 1 aromatic carbocycles. The number of esters is 1. The molecular formula is C11H12O5S. The van der Waals surface area contributed by atoms with Crippen molar-refractivity contribution >= 4 is 16.1 Å². The van der Waals surface area contributed by atoms with Gasteiger partial charge in [-0.15, -0.1) is 6.58 Å². The molecule has 0 amide bonds. The third kappa shape index (κ3) is 4.01. The van der Waals surface area contributed by atoms with Crippen molar-refractivity contribution < 1.29 is 22.5 Å². The number of rotatable bonds is 5. The van der Waals surface area contributed by atoms with E-state index < -0.39 is 21.0 Å². The van der Waals surface area contributed by atoms with Crippen LogP contribution in [0.15, 0.2) is 41.8 Å². The molecule has 0 fully saturated rings. The monoisotopic (exact) mass is 256 g/mol. The first-order chi connectivity index (χ1) is 7.95. The lowest BCUT2D eigenvalue weighted by atomic mass is 10.3. The van der Waals surface area contributed by atoms with Crippen LogP contribution in [0, 0.1) is 0 Å². The molecule has 0 saturated heterocycles. The van der Waals surface area contributed by atoms with Crippen molar-refractivity contribution in [1.82, 2.24) is 0 Å². The van der Waals surface area contributed by atoms with E-state index >= 15 is 0 Å². The average molecular weight is 256 g/mol. The van der Waals surface area contributed by atoms with Gasteiger partial charge in [-0.1, -0.05) is 18.2 Å². The van der Waals surface area contributed by atoms with Gasteiger partial charge in [-0.25, -0.2) is 0 Å². The van der Waals surface area contributed by atoms with Gasteiger partial charge in [0.1, 0.15) is 4.90 Å². The Labute approximate surface area is 99.5 Å². The Hall–Kier alpha value is -1.66. The molecule has 0 bridgehead atoms. The SMILES string of the molecule is C=CCCC(=O)Oc1ccccc1S(=O)(=O)O. The van der Waals surface area contributed by atoms with E-state index in [1.54, 1.807) is 6.08 Å². The molecule has 0 saturated carbocycles. The molecule has 0 atom stereocenters. The van der Waals surface area contributed by atoms with E-state index in [1.165, 1.54) is 18.2 Å². The Morgan fingerprint density at radius 2 is 2.06 bits per heavy atom. The van der Waals surface area contributed by atoms with Crippen LogP contribution in [0.3, 0.4) is 0 Å². The van der Waals surface area contributed by atoms with E-state index in [-0.39, 0.29) is 12.2 Å². The highest BCUT2D eigenvalue weighted by atomic mass is 32.2. The second kappa shape index (κ2) is 5.60. The summed E-state index contributed by atoms with van der Waals surface area (Å²) in [5.74, 6) is -0.759. The Balaban J connectivity index is 2.92. The van der Waals surface area contributed by atoms with Gasteiger partial charge in [-0.3, -0.25) is 9.35 Å². The lowest BCUT2D eigenvalue weighted by Crippen LogP contribution is -2.10. The topological polar surface area (TPSA) is 80.7 Å². The molecule has 5 nitrogen and oxygen atoms in total. The van der Waals surface area contributed by atoms with Crippen LogP contribution >= 0.6 is 0 Å². The zero-order valence-electron chi connectivity index (χ0n) is 9.00. The number of hydrogen-bond donors (Lipinski definition) is 1. The molecule has 1 rings (SSSR count). The number of benzene rings is 1. The van der Waals surface area contributed by atoms with Crippen LogP contribution in [-0.4, -0.2) is 18.9 Å². The quantitative estimate of drug-likeness (QED) is 0.376. The minimum absolute atomic E-state index is 0.101. The summed E-state index contributed by atoms with van der Waals surface area (Å²) >= 11 is 0. The molecule has 0 aromatic heterocycles. The summed E-state index contributed by atoms with van der Waals surface area (Å²) in [5.41, 5.74) is 0. The third-order valence-corrected chi connectivity index (χ3v) is 2.80. The first kappa shape index (κ1) is 13.4. The molecular weight excluding hydrogens is 244 g/mol. The molecule has 0 aliphatic heterocycles. The number of ether oxygens (including phenoxy) is 1. The van der Waals surface area contributed by atoms with Crippen molar-refractivity contribution in [3.8, 4) is 5.75 Å². The summed E-state index contributed by atoms with van der Waals surface area (Å²) in [7, 11) is -4.40. The highest BCUT2D eigenvalue weighted by molar-refractivity contribution is 7.86. The fourth-order valence-corrected chi connectivity index (χ4v) is 1.76. The first-order valence-corrected chi connectivity index (χ1v) is 6.27. The van der Waals surface area contributed by atoms with E-state index in [0.29, 0.717) is 6.42 Å². The van der Waals surface area contributed by atoms with Crippen molar-refractivity contribution in [3.05, 3.63) is 36.9 Å². The summed E-state index contributed by atoms with van der Waals surface area (Å²) < 4.78 is 35.8. The Kier molecular flexibility index (Phi) is 4.42. The van der Waals surface area contributed by atoms with Crippen molar-refractivity contribution in [3.63, 3.8) is 0 Å². The molecule has 0 radical (unpaired) electrons. The van der Waals surface area contributed by atoms with Crippen LogP contribution in [0.1, 0.15) is 12.8 Å². The Morgan fingerprint density at radius 1 is 1.41 bits per heavy atom. The van der Waals surface area contributed by atoms with Crippen molar-refractivity contribution in [1.29, 1.82) is 0 Å². The summed E-state index contributed by atoms with van der Waals surface area (Å²) in [6, 6.07) is 5.38. The summed E-state index contributed by atoms with van der Waals surface area (Å²) in [5, 5.41) is 0. The van der Waals surface area contributed by atoms with Crippen LogP contribution in [-0.2, 0) is 14.9 Å². The van der Waals surface area contributed by atoms with E-state index in [0.717, 1.165) is 6.07 Å². The molecule has 17 heavy (non-hydrogen) atoms. The maximum absolute atomic E-state index is 11.3. The number of para-hydroxylation sites is 1. The molecule has 0 aliphatic carbocycles. The normalized spacial score (nSPS) is 10.9. The predicted octanol–water partition coefficient (Wildman–Crippen LogP) is 1.80. The number of allylic oxidation sites excluding steroid dienone is 1. The highest BCUT2D eigenvalue weighted by Crippen LogP contribution is 2.23. The van der Waals surface area contributed by atoms with Gasteiger partial charge in [0.2, 0.25) is 0 Å². The standard InChI is InChI=1S/C11H12O5S/c1-2-3-8-11(12)16-9-6-4-5-7-10(9)17(13,14)15/h2,4-7H,1,3,8H2,(H,13,14,15). The van der Waals surface area contributed by atoms with Gasteiger partial charge in [-0.2, -0.15) is 8.42 Å².